The van der Waals surface area contributed by atoms with Gasteiger partial charge in [0.2, 0.25) is 0 Å². The van der Waals surface area contributed by atoms with Crippen LogP contribution in [0.15, 0.2) is 30.2 Å². The molecule has 0 bridgehead atoms. The van der Waals surface area contributed by atoms with Crippen LogP contribution < -0.4 is 5.32 Å². The fourth-order valence-electron chi connectivity index (χ4n) is 2.55. The van der Waals surface area contributed by atoms with Gasteiger partial charge in [0.1, 0.15) is 12.2 Å². The van der Waals surface area contributed by atoms with Crippen LogP contribution in [-0.2, 0) is 19.5 Å². The Bertz CT molecular complexity index is 751. The molecule has 3 aromatic heterocycles. The second-order valence-electron chi connectivity index (χ2n) is 5.19. The van der Waals surface area contributed by atoms with Gasteiger partial charge in [0.25, 0.3) is 0 Å². The number of nitrogens with one attached hydrogen (secondary N) is 1. The zero-order chi connectivity index (χ0) is 14.8. The van der Waals surface area contributed by atoms with Gasteiger partial charge in [0, 0.05) is 36.8 Å². The van der Waals surface area contributed by atoms with Gasteiger partial charge in [-0.25, -0.2) is 24.6 Å². The topological polar surface area (TPSA) is 81.4 Å². The summed E-state index contributed by atoms with van der Waals surface area (Å²) in [6.07, 6.45) is 7.15. The molecular weight excluding hydrogens is 298 g/mol. The Hall–Kier alpha value is -2.19. The highest BCUT2D eigenvalue weighted by Crippen LogP contribution is 2.20. The highest BCUT2D eigenvalue weighted by molar-refractivity contribution is 7.13. The van der Waals surface area contributed by atoms with E-state index in [0.717, 1.165) is 42.5 Å². The van der Waals surface area contributed by atoms with Crippen molar-refractivity contribution in [2.45, 2.75) is 32.0 Å². The molecule has 7 nitrogen and oxygen atoms in total. The second-order valence-corrected chi connectivity index (χ2v) is 6.05. The Labute approximate surface area is 131 Å². The van der Waals surface area contributed by atoms with Crippen molar-refractivity contribution in [1.82, 2.24) is 35.0 Å². The molecule has 112 valence electrons. The Morgan fingerprint density at radius 1 is 1.27 bits per heavy atom. The van der Waals surface area contributed by atoms with Crippen LogP contribution in [0.1, 0.15) is 17.9 Å². The van der Waals surface area contributed by atoms with Gasteiger partial charge in [-0.3, -0.25) is 0 Å². The number of thiazole rings is 1. The van der Waals surface area contributed by atoms with Gasteiger partial charge in [-0.15, -0.1) is 11.3 Å². The van der Waals surface area contributed by atoms with Crippen LogP contribution in [-0.4, -0.2) is 35.8 Å². The van der Waals surface area contributed by atoms with E-state index < -0.39 is 0 Å². The smallest absolute Gasteiger partial charge is 0.188 e. The molecule has 0 unspecified atom stereocenters. The molecule has 1 atom stereocenters. The number of hydrogen-bond donors (Lipinski definition) is 1. The van der Waals surface area contributed by atoms with E-state index in [1.807, 2.05) is 4.68 Å². The Morgan fingerprint density at radius 2 is 2.18 bits per heavy atom. The molecule has 3 aromatic rings. The van der Waals surface area contributed by atoms with Crippen LogP contribution >= 0.6 is 11.3 Å². The Morgan fingerprint density at radius 3 is 3.09 bits per heavy atom. The first-order valence-electron chi connectivity index (χ1n) is 7.20. The van der Waals surface area contributed by atoms with Crippen molar-refractivity contribution in [3.05, 3.63) is 41.7 Å². The number of hydrogen-bond acceptors (Lipinski definition) is 7. The van der Waals surface area contributed by atoms with Gasteiger partial charge < -0.3 is 5.32 Å². The summed E-state index contributed by atoms with van der Waals surface area (Å²) >= 11 is 1.58. The van der Waals surface area contributed by atoms with Crippen molar-refractivity contribution < 1.29 is 0 Å². The zero-order valence-electron chi connectivity index (χ0n) is 11.9. The first-order valence-corrected chi connectivity index (χ1v) is 8.08. The maximum Gasteiger partial charge on any atom is 0.188 e. The minimum atomic E-state index is 0.410. The lowest BCUT2D eigenvalue weighted by Crippen LogP contribution is -2.37. The highest BCUT2D eigenvalue weighted by Gasteiger charge is 2.19. The predicted octanol–water partition coefficient (Wildman–Crippen LogP) is 1.30. The molecule has 0 aliphatic carbocycles. The quantitative estimate of drug-likeness (QED) is 0.782. The molecule has 1 aliphatic heterocycles. The van der Waals surface area contributed by atoms with Crippen molar-refractivity contribution in [3.8, 4) is 10.8 Å². The maximum absolute atomic E-state index is 4.60. The van der Waals surface area contributed by atoms with Crippen LogP contribution in [0, 0.1) is 0 Å². The number of aromatic nitrogens is 6. The minimum absolute atomic E-state index is 0.410. The van der Waals surface area contributed by atoms with E-state index in [9.17, 15) is 0 Å². The Kier molecular flexibility index (Phi) is 3.61. The molecule has 8 heteroatoms. The summed E-state index contributed by atoms with van der Waals surface area (Å²) in [7, 11) is 0. The summed E-state index contributed by atoms with van der Waals surface area (Å²) in [5.74, 6) is 1.76. The molecule has 1 aliphatic rings. The van der Waals surface area contributed by atoms with Crippen LogP contribution in [0.5, 0.6) is 0 Å². The third-order valence-electron chi connectivity index (χ3n) is 3.69. The van der Waals surface area contributed by atoms with E-state index in [1.54, 1.807) is 36.1 Å². The summed E-state index contributed by atoms with van der Waals surface area (Å²) in [4.78, 5) is 17.3. The lowest BCUT2D eigenvalue weighted by Gasteiger charge is -2.23. The molecule has 0 radical (unpaired) electrons. The molecule has 4 rings (SSSR count). The van der Waals surface area contributed by atoms with Gasteiger partial charge in [0.05, 0.1) is 12.2 Å². The van der Waals surface area contributed by atoms with E-state index >= 15 is 0 Å². The summed E-state index contributed by atoms with van der Waals surface area (Å²) < 4.78 is 1.98. The molecule has 0 saturated carbocycles. The number of rotatable bonds is 4. The van der Waals surface area contributed by atoms with Crippen molar-refractivity contribution in [2.24, 2.45) is 0 Å². The standard InChI is InChI=1S/C14H15N7S/c1-4-15-13(16-5-1)14-20-11(8-22-14)6-17-10-2-3-12-18-9-19-21(12)7-10/h1,4-5,8-10,17H,2-3,6-7H2/t10-/m1/s1. The van der Waals surface area contributed by atoms with E-state index in [0.29, 0.717) is 11.9 Å². The van der Waals surface area contributed by atoms with E-state index in [4.69, 9.17) is 0 Å². The lowest BCUT2D eigenvalue weighted by atomic mass is 10.1. The third kappa shape index (κ3) is 2.75. The second kappa shape index (κ2) is 5.90. The summed E-state index contributed by atoms with van der Waals surface area (Å²) in [5, 5.41) is 10.7. The number of fused-ring (bicyclic) bond motifs is 1. The molecule has 22 heavy (non-hydrogen) atoms. The average molecular weight is 313 g/mol. The first kappa shape index (κ1) is 13.5. The monoisotopic (exact) mass is 313 g/mol. The van der Waals surface area contributed by atoms with Gasteiger partial charge in [-0.2, -0.15) is 5.10 Å². The normalized spacial score (nSPS) is 17.4. The number of aryl methyl sites for hydroxylation is 1. The van der Waals surface area contributed by atoms with Crippen LogP contribution in [0.2, 0.25) is 0 Å². The van der Waals surface area contributed by atoms with Crippen molar-refractivity contribution >= 4 is 11.3 Å². The number of nitrogens with zero attached hydrogens (tertiary/aromatic N) is 6. The first-order chi connectivity index (χ1) is 10.9. The fourth-order valence-corrected chi connectivity index (χ4v) is 3.32. The van der Waals surface area contributed by atoms with Crippen LogP contribution in [0.3, 0.4) is 0 Å². The van der Waals surface area contributed by atoms with Gasteiger partial charge in [0.15, 0.2) is 10.8 Å². The summed E-state index contributed by atoms with van der Waals surface area (Å²) in [5.41, 5.74) is 1.02. The average Bonchev–Trinajstić information content (AvgIpc) is 3.22. The van der Waals surface area contributed by atoms with E-state index in [1.165, 1.54) is 0 Å². The molecule has 0 aromatic carbocycles. The molecule has 0 fully saturated rings. The fraction of sp³-hybridized carbons (Fsp3) is 0.357. The van der Waals surface area contributed by atoms with Gasteiger partial charge in [-0.05, 0) is 12.5 Å². The van der Waals surface area contributed by atoms with Crippen LogP contribution in [0.25, 0.3) is 10.8 Å². The minimum Gasteiger partial charge on any atom is -0.306 e. The Balaban J connectivity index is 1.38. The highest BCUT2D eigenvalue weighted by atomic mass is 32.1. The van der Waals surface area contributed by atoms with E-state index in [-0.39, 0.29) is 0 Å². The zero-order valence-corrected chi connectivity index (χ0v) is 12.7. The van der Waals surface area contributed by atoms with Crippen molar-refractivity contribution in [3.63, 3.8) is 0 Å². The molecule has 0 spiro atoms. The molecular formula is C14H15N7S. The molecule has 0 saturated heterocycles. The van der Waals surface area contributed by atoms with Gasteiger partial charge in [-0.1, -0.05) is 0 Å². The van der Waals surface area contributed by atoms with Crippen molar-refractivity contribution in [2.75, 3.05) is 0 Å². The summed E-state index contributed by atoms with van der Waals surface area (Å²) in [6.45, 7) is 1.62. The van der Waals surface area contributed by atoms with Crippen molar-refractivity contribution in [1.29, 1.82) is 0 Å². The maximum atomic E-state index is 4.60. The predicted molar refractivity (Wildman–Crippen MR) is 82.1 cm³/mol. The van der Waals surface area contributed by atoms with Crippen LogP contribution in [0.4, 0.5) is 0 Å². The third-order valence-corrected chi connectivity index (χ3v) is 4.57. The summed E-state index contributed by atoms with van der Waals surface area (Å²) in [6, 6.07) is 2.22. The lowest BCUT2D eigenvalue weighted by molar-refractivity contribution is 0.357. The largest absolute Gasteiger partial charge is 0.306 e. The molecule has 4 heterocycles. The molecule has 1 N–H and O–H groups in total. The SMILES string of the molecule is c1cnc(-c2nc(CN[C@@H]3CCc4ncnn4C3)cs2)nc1. The molecule has 0 amide bonds. The van der Waals surface area contributed by atoms with Gasteiger partial charge >= 0.3 is 0 Å². The van der Waals surface area contributed by atoms with E-state index in [2.05, 4.69) is 35.7 Å².